The van der Waals surface area contributed by atoms with Crippen molar-refractivity contribution in [3.63, 3.8) is 0 Å². The summed E-state index contributed by atoms with van der Waals surface area (Å²) in [5, 5.41) is 2.88. The van der Waals surface area contributed by atoms with Crippen LogP contribution in [0.1, 0.15) is 16.8 Å². The largest absolute Gasteiger partial charge is 0.326 e. The number of rotatable bonds is 3. The average Bonchev–Trinajstić information content (AvgIpc) is 2.32. The van der Waals surface area contributed by atoms with Gasteiger partial charge in [-0.25, -0.2) is 0 Å². The van der Waals surface area contributed by atoms with E-state index in [1.165, 1.54) is 0 Å². The minimum absolute atomic E-state index is 0.00472. The Kier molecular flexibility index (Phi) is 3.72. The third-order valence-corrected chi connectivity index (χ3v) is 2.79. The molecule has 1 heterocycles. The number of benzene rings is 1. The Balaban J connectivity index is 2.03. The lowest BCUT2D eigenvalue weighted by Crippen LogP contribution is -2.15. The molecule has 1 aromatic carbocycles. The van der Waals surface area contributed by atoms with Gasteiger partial charge in [0.1, 0.15) is 0 Å². The fourth-order valence-electron chi connectivity index (χ4n) is 1.81. The van der Waals surface area contributed by atoms with Crippen molar-refractivity contribution in [2.75, 3.05) is 5.32 Å². The fourth-order valence-corrected chi connectivity index (χ4v) is 1.81. The Hall–Kier alpha value is -2.16. The Bertz CT molecular complexity index is 564. The van der Waals surface area contributed by atoms with Crippen molar-refractivity contribution in [1.82, 2.24) is 4.98 Å². The number of anilines is 1. The summed E-state index contributed by atoms with van der Waals surface area (Å²) < 4.78 is 0. The van der Waals surface area contributed by atoms with Crippen LogP contribution in [-0.4, -0.2) is 10.9 Å². The molecule has 0 fully saturated rings. The Morgan fingerprint density at radius 1 is 1.22 bits per heavy atom. The maximum atomic E-state index is 11.9. The zero-order chi connectivity index (χ0) is 13.0. The first kappa shape index (κ1) is 12.3. The Morgan fingerprint density at radius 2 is 2.00 bits per heavy atom. The van der Waals surface area contributed by atoms with Crippen LogP contribution in [0.25, 0.3) is 0 Å². The van der Waals surface area contributed by atoms with Gasteiger partial charge in [-0.2, -0.15) is 0 Å². The molecule has 92 valence electrons. The van der Waals surface area contributed by atoms with Crippen molar-refractivity contribution in [2.45, 2.75) is 20.3 Å². The minimum atomic E-state index is -0.00472. The lowest BCUT2D eigenvalue weighted by atomic mass is 10.1. The third-order valence-electron chi connectivity index (χ3n) is 2.79. The predicted molar refractivity (Wildman–Crippen MR) is 72.5 cm³/mol. The topological polar surface area (TPSA) is 42.0 Å². The van der Waals surface area contributed by atoms with Crippen molar-refractivity contribution >= 4 is 11.6 Å². The lowest BCUT2D eigenvalue weighted by Gasteiger charge is -2.07. The van der Waals surface area contributed by atoms with E-state index < -0.39 is 0 Å². The molecular formula is C15H16N2O. The van der Waals surface area contributed by atoms with E-state index in [2.05, 4.69) is 10.3 Å². The molecule has 3 nitrogen and oxygen atoms in total. The van der Waals surface area contributed by atoms with Crippen molar-refractivity contribution in [3.05, 3.63) is 59.4 Å². The molecular weight excluding hydrogens is 224 g/mol. The van der Waals surface area contributed by atoms with Gasteiger partial charge in [-0.1, -0.05) is 24.3 Å². The van der Waals surface area contributed by atoms with E-state index in [0.29, 0.717) is 6.42 Å². The van der Waals surface area contributed by atoms with Crippen LogP contribution in [0, 0.1) is 13.8 Å². The lowest BCUT2D eigenvalue weighted by molar-refractivity contribution is -0.115. The summed E-state index contributed by atoms with van der Waals surface area (Å²) in [5.74, 6) is -0.00472. The number of nitrogens with zero attached hydrogens (tertiary/aromatic N) is 1. The van der Waals surface area contributed by atoms with E-state index in [1.54, 1.807) is 12.3 Å². The highest BCUT2D eigenvalue weighted by molar-refractivity contribution is 5.92. The second-order valence-electron chi connectivity index (χ2n) is 4.34. The van der Waals surface area contributed by atoms with E-state index in [4.69, 9.17) is 0 Å². The van der Waals surface area contributed by atoms with Crippen molar-refractivity contribution in [3.8, 4) is 0 Å². The highest BCUT2D eigenvalue weighted by Crippen LogP contribution is 2.11. The maximum absolute atomic E-state index is 11.9. The number of hydrogen-bond donors (Lipinski definition) is 1. The molecule has 0 radical (unpaired) electrons. The van der Waals surface area contributed by atoms with E-state index in [-0.39, 0.29) is 5.91 Å². The SMILES string of the molecule is Cc1cc(NC(=O)Cc2ccccc2C)ccn1. The summed E-state index contributed by atoms with van der Waals surface area (Å²) in [4.78, 5) is 16.0. The zero-order valence-electron chi connectivity index (χ0n) is 10.6. The van der Waals surface area contributed by atoms with Gasteiger partial charge in [0.2, 0.25) is 5.91 Å². The summed E-state index contributed by atoms with van der Waals surface area (Å²) in [6.45, 7) is 3.91. The summed E-state index contributed by atoms with van der Waals surface area (Å²) in [7, 11) is 0. The van der Waals surface area contributed by atoms with Crippen molar-refractivity contribution in [2.24, 2.45) is 0 Å². The fraction of sp³-hybridized carbons (Fsp3) is 0.200. The van der Waals surface area contributed by atoms with Gasteiger partial charge in [-0.05, 0) is 37.1 Å². The number of hydrogen-bond acceptors (Lipinski definition) is 2. The third kappa shape index (κ3) is 3.17. The van der Waals surface area contributed by atoms with Gasteiger partial charge >= 0.3 is 0 Å². The zero-order valence-corrected chi connectivity index (χ0v) is 10.6. The first-order chi connectivity index (χ1) is 8.65. The summed E-state index contributed by atoms with van der Waals surface area (Å²) in [5.41, 5.74) is 3.88. The Labute approximate surface area is 107 Å². The summed E-state index contributed by atoms with van der Waals surface area (Å²) in [6, 6.07) is 11.6. The van der Waals surface area contributed by atoms with E-state index in [0.717, 1.165) is 22.5 Å². The molecule has 0 bridgehead atoms. The van der Waals surface area contributed by atoms with Crippen LogP contribution in [0.2, 0.25) is 0 Å². The molecule has 0 spiro atoms. The minimum Gasteiger partial charge on any atom is -0.326 e. The molecule has 0 atom stereocenters. The van der Waals surface area contributed by atoms with E-state index in [1.807, 2.05) is 44.2 Å². The number of pyridine rings is 1. The van der Waals surface area contributed by atoms with Gasteiger partial charge in [0.25, 0.3) is 0 Å². The molecule has 18 heavy (non-hydrogen) atoms. The molecule has 0 unspecified atom stereocenters. The van der Waals surface area contributed by atoms with Crippen LogP contribution in [0.4, 0.5) is 5.69 Å². The molecule has 0 aliphatic heterocycles. The highest BCUT2D eigenvalue weighted by atomic mass is 16.1. The number of carbonyl (C=O) groups is 1. The van der Waals surface area contributed by atoms with Crippen LogP contribution in [-0.2, 0) is 11.2 Å². The molecule has 0 saturated heterocycles. The van der Waals surface area contributed by atoms with Crippen LogP contribution < -0.4 is 5.32 Å². The molecule has 0 saturated carbocycles. The summed E-state index contributed by atoms with van der Waals surface area (Å²) >= 11 is 0. The molecule has 2 rings (SSSR count). The molecule has 3 heteroatoms. The smallest absolute Gasteiger partial charge is 0.228 e. The van der Waals surface area contributed by atoms with E-state index >= 15 is 0 Å². The van der Waals surface area contributed by atoms with E-state index in [9.17, 15) is 4.79 Å². The maximum Gasteiger partial charge on any atom is 0.228 e. The molecule has 1 amide bonds. The first-order valence-electron chi connectivity index (χ1n) is 5.92. The molecule has 1 aromatic heterocycles. The van der Waals surface area contributed by atoms with Crippen LogP contribution in [0.3, 0.4) is 0 Å². The van der Waals surface area contributed by atoms with Gasteiger partial charge in [-0.3, -0.25) is 9.78 Å². The monoisotopic (exact) mass is 240 g/mol. The van der Waals surface area contributed by atoms with Gasteiger partial charge < -0.3 is 5.32 Å². The highest BCUT2D eigenvalue weighted by Gasteiger charge is 2.06. The van der Waals surface area contributed by atoms with Crippen molar-refractivity contribution < 1.29 is 4.79 Å². The van der Waals surface area contributed by atoms with Crippen LogP contribution in [0.5, 0.6) is 0 Å². The van der Waals surface area contributed by atoms with Gasteiger partial charge in [0.05, 0.1) is 6.42 Å². The average molecular weight is 240 g/mol. The van der Waals surface area contributed by atoms with Gasteiger partial charge in [0, 0.05) is 17.6 Å². The molecule has 1 N–H and O–H groups in total. The number of carbonyl (C=O) groups excluding carboxylic acids is 1. The number of amides is 1. The number of nitrogens with one attached hydrogen (secondary N) is 1. The summed E-state index contributed by atoms with van der Waals surface area (Å²) in [6.07, 6.45) is 2.09. The van der Waals surface area contributed by atoms with Crippen LogP contribution in [0.15, 0.2) is 42.6 Å². The van der Waals surface area contributed by atoms with Crippen molar-refractivity contribution in [1.29, 1.82) is 0 Å². The number of aryl methyl sites for hydroxylation is 2. The second-order valence-corrected chi connectivity index (χ2v) is 4.34. The van der Waals surface area contributed by atoms with Gasteiger partial charge in [0.15, 0.2) is 0 Å². The molecule has 0 aliphatic rings. The van der Waals surface area contributed by atoms with Crippen LogP contribution >= 0.6 is 0 Å². The van der Waals surface area contributed by atoms with Gasteiger partial charge in [-0.15, -0.1) is 0 Å². The number of aromatic nitrogens is 1. The quantitative estimate of drug-likeness (QED) is 0.896. The second kappa shape index (κ2) is 5.45. The standard InChI is InChI=1S/C15H16N2O/c1-11-5-3-4-6-13(11)10-15(18)17-14-7-8-16-12(2)9-14/h3-9H,10H2,1-2H3,(H,16,17,18). The molecule has 0 aliphatic carbocycles. The first-order valence-corrected chi connectivity index (χ1v) is 5.92. The Morgan fingerprint density at radius 3 is 2.72 bits per heavy atom. The molecule has 2 aromatic rings. The normalized spacial score (nSPS) is 10.1. The predicted octanol–water partition coefficient (Wildman–Crippen LogP) is 2.88.